The van der Waals surface area contributed by atoms with E-state index in [1.807, 2.05) is 51.0 Å². The van der Waals surface area contributed by atoms with Crippen molar-refractivity contribution in [3.05, 3.63) is 66.2 Å². The number of benzene rings is 3. The van der Waals surface area contributed by atoms with Gasteiger partial charge < -0.3 is 19.6 Å². The van der Waals surface area contributed by atoms with Crippen molar-refractivity contribution < 1.29 is 27.9 Å². The SMILES string of the molecule is CC(C)CC(=O)N1CC(NS(=O)(=O)c2cccc3c(N(C)C)cccc23)CC1COc1ccc(C(=O)O)cc1. The minimum Gasteiger partial charge on any atom is -0.491 e. The summed E-state index contributed by atoms with van der Waals surface area (Å²) in [5.41, 5.74) is 1.07. The number of likely N-dealkylation sites (tertiary alicyclic amines) is 1. The van der Waals surface area contributed by atoms with Crippen LogP contribution in [-0.2, 0) is 14.8 Å². The zero-order valence-electron chi connectivity index (χ0n) is 22.6. The number of nitrogens with zero attached hydrogens (tertiary/aromatic N) is 2. The lowest BCUT2D eigenvalue weighted by Gasteiger charge is -2.25. The van der Waals surface area contributed by atoms with Crippen LogP contribution in [0.25, 0.3) is 10.8 Å². The molecule has 208 valence electrons. The first-order valence-corrected chi connectivity index (χ1v) is 14.4. The second kappa shape index (κ2) is 11.6. The molecule has 1 aliphatic heterocycles. The number of ether oxygens (including phenoxy) is 1. The average molecular weight is 554 g/mol. The number of aromatic carboxylic acids is 1. The second-order valence-electron chi connectivity index (χ2n) is 10.5. The lowest BCUT2D eigenvalue weighted by Crippen LogP contribution is -2.41. The molecule has 1 heterocycles. The van der Waals surface area contributed by atoms with Gasteiger partial charge in [0.1, 0.15) is 12.4 Å². The van der Waals surface area contributed by atoms with Crippen LogP contribution in [0.5, 0.6) is 5.75 Å². The van der Waals surface area contributed by atoms with Crippen molar-refractivity contribution in [2.45, 2.75) is 43.7 Å². The van der Waals surface area contributed by atoms with Gasteiger partial charge in [0.15, 0.2) is 0 Å². The van der Waals surface area contributed by atoms with Crippen molar-refractivity contribution in [3.8, 4) is 5.75 Å². The summed E-state index contributed by atoms with van der Waals surface area (Å²) in [5, 5.41) is 10.6. The molecule has 0 aliphatic carbocycles. The zero-order chi connectivity index (χ0) is 28.3. The number of hydrogen-bond donors (Lipinski definition) is 2. The van der Waals surface area contributed by atoms with Crippen molar-refractivity contribution in [2.75, 3.05) is 32.1 Å². The first-order valence-electron chi connectivity index (χ1n) is 12.9. The fourth-order valence-electron chi connectivity index (χ4n) is 4.99. The van der Waals surface area contributed by atoms with Crippen LogP contribution in [0.4, 0.5) is 5.69 Å². The maximum Gasteiger partial charge on any atom is 0.335 e. The van der Waals surface area contributed by atoms with Crippen LogP contribution in [0.1, 0.15) is 37.0 Å². The number of carboxylic acids is 1. The Balaban J connectivity index is 1.54. The highest BCUT2D eigenvalue weighted by molar-refractivity contribution is 7.89. The number of amides is 1. The van der Waals surface area contributed by atoms with Crippen molar-refractivity contribution in [2.24, 2.45) is 5.92 Å². The molecule has 1 saturated heterocycles. The van der Waals surface area contributed by atoms with E-state index in [9.17, 15) is 18.0 Å². The maximum atomic E-state index is 13.6. The van der Waals surface area contributed by atoms with Crippen molar-refractivity contribution in [3.63, 3.8) is 0 Å². The van der Waals surface area contributed by atoms with E-state index >= 15 is 0 Å². The monoisotopic (exact) mass is 553 g/mol. The second-order valence-corrected chi connectivity index (χ2v) is 12.2. The van der Waals surface area contributed by atoms with Crippen LogP contribution in [0.2, 0.25) is 0 Å². The molecular formula is C29H35N3O6S. The fourth-order valence-corrected chi connectivity index (χ4v) is 6.45. The quantitative estimate of drug-likeness (QED) is 0.390. The smallest absolute Gasteiger partial charge is 0.335 e. The van der Waals surface area contributed by atoms with Gasteiger partial charge in [0, 0.05) is 49.6 Å². The van der Waals surface area contributed by atoms with Gasteiger partial charge in [0.05, 0.1) is 16.5 Å². The van der Waals surface area contributed by atoms with Crippen LogP contribution < -0.4 is 14.4 Å². The molecule has 1 amide bonds. The third-order valence-corrected chi connectivity index (χ3v) is 8.39. The van der Waals surface area contributed by atoms with Gasteiger partial charge in [-0.1, -0.05) is 38.1 Å². The Hall–Kier alpha value is -3.63. The highest BCUT2D eigenvalue weighted by Crippen LogP contribution is 2.31. The zero-order valence-corrected chi connectivity index (χ0v) is 23.4. The minimum atomic E-state index is -3.89. The van der Waals surface area contributed by atoms with Gasteiger partial charge >= 0.3 is 5.97 Å². The Morgan fingerprint density at radius 3 is 2.36 bits per heavy atom. The molecule has 2 unspecified atom stereocenters. The number of anilines is 1. The van der Waals surface area contributed by atoms with Gasteiger partial charge in [-0.05, 0) is 48.7 Å². The number of rotatable bonds is 10. The fraction of sp³-hybridized carbons (Fsp3) is 0.379. The lowest BCUT2D eigenvalue weighted by molar-refractivity contribution is -0.133. The van der Waals surface area contributed by atoms with Gasteiger partial charge in [0.25, 0.3) is 0 Å². The van der Waals surface area contributed by atoms with Gasteiger partial charge in [-0.25, -0.2) is 17.9 Å². The third kappa shape index (κ3) is 6.51. The Morgan fingerprint density at radius 1 is 1.05 bits per heavy atom. The summed E-state index contributed by atoms with van der Waals surface area (Å²) >= 11 is 0. The Bertz CT molecular complexity index is 1450. The highest BCUT2D eigenvalue weighted by atomic mass is 32.2. The molecule has 0 bridgehead atoms. The average Bonchev–Trinajstić information content (AvgIpc) is 3.28. The normalized spacial score (nSPS) is 17.5. The first kappa shape index (κ1) is 28.4. The summed E-state index contributed by atoms with van der Waals surface area (Å²) in [7, 11) is -0.0615. The molecule has 9 nitrogen and oxygen atoms in total. The van der Waals surface area contributed by atoms with E-state index < -0.39 is 22.0 Å². The number of carbonyl (C=O) groups excluding carboxylic acids is 1. The summed E-state index contributed by atoms with van der Waals surface area (Å²) in [5.74, 6) is -0.447. The van der Waals surface area contributed by atoms with Crippen LogP contribution in [0.3, 0.4) is 0 Å². The summed E-state index contributed by atoms with van der Waals surface area (Å²) in [6.07, 6.45) is 0.740. The van der Waals surface area contributed by atoms with E-state index in [1.165, 1.54) is 12.1 Å². The van der Waals surface area contributed by atoms with Crippen LogP contribution in [0, 0.1) is 5.92 Å². The van der Waals surface area contributed by atoms with Crippen molar-refractivity contribution >= 4 is 38.4 Å². The van der Waals surface area contributed by atoms with Crippen LogP contribution in [0.15, 0.2) is 65.6 Å². The molecule has 2 N–H and O–H groups in total. The van der Waals surface area contributed by atoms with Crippen molar-refractivity contribution in [1.82, 2.24) is 9.62 Å². The van der Waals surface area contributed by atoms with E-state index in [2.05, 4.69) is 4.72 Å². The number of nitrogens with one attached hydrogen (secondary N) is 1. The van der Waals surface area contributed by atoms with Gasteiger partial charge in [-0.2, -0.15) is 0 Å². The maximum absolute atomic E-state index is 13.6. The Labute approximate surface area is 229 Å². The molecule has 1 aliphatic rings. The summed E-state index contributed by atoms with van der Waals surface area (Å²) in [4.78, 5) is 28.0. The molecule has 3 aromatic rings. The number of hydrogen-bond acceptors (Lipinski definition) is 6. The van der Waals surface area contributed by atoms with Gasteiger partial charge in [-0.15, -0.1) is 0 Å². The summed E-state index contributed by atoms with van der Waals surface area (Å²) in [6, 6.07) is 16.1. The molecule has 0 spiro atoms. The summed E-state index contributed by atoms with van der Waals surface area (Å²) in [6.45, 7) is 4.33. The molecule has 4 rings (SSSR count). The molecule has 2 atom stereocenters. The molecule has 1 fully saturated rings. The number of sulfonamides is 1. The standard InChI is InChI=1S/C29H35N3O6S/c1-19(2)15-28(33)32-17-21(16-22(32)18-38-23-13-11-20(12-14-23)29(34)35)30-39(36,37)27-10-6-7-24-25(27)8-5-9-26(24)31(3)4/h5-14,19,21-22,30H,15-18H2,1-4H3,(H,34,35). The predicted octanol–water partition coefficient (Wildman–Crippen LogP) is 3.98. The molecule has 10 heteroatoms. The molecule has 0 saturated carbocycles. The highest BCUT2D eigenvalue weighted by Gasteiger charge is 2.38. The molecule has 0 radical (unpaired) electrons. The molecule has 0 aromatic heterocycles. The lowest BCUT2D eigenvalue weighted by atomic mass is 10.1. The molecule has 39 heavy (non-hydrogen) atoms. The Kier molecular flexibility index (Phi) is 8.46. The van der Waals surface area contributed by atoms with Crippen LogP contribution >= 0.6 is 0 Å². The molecule has 3 aromatic carbocycles. The van der Waals surface area contributed by atoms with E-state index in [0.29, 0.717) is 24.0 Å². The van der Waals surface area contributed by atoms with E-state index in [0.717, 1.165) is 11.1 Å². The van der Waals surface area contributed by atoms with Crippen molar-refractivity contribution in [1.29, 1.82) is 0 Å². The Morgan fingerprint density at radius 2 is 1.72 bits per heavy atom. The number of fused-ring (bicyclic) bond motifs is 1. The largest absolute Gasteiger partial charge is 0.491 e. The van der Waals surface area contributed by atoms with Gasteiger partial charge in [0.2, 0.25) is 15.9 Å². The number of carbonyl (C=O) groups is 2. The van der Waals surface area contributed by atoms with Gasteiger partial charge in [-0.3, -0.25) is 4.79 Å². The van der Waals surface area contributed by atoms with E-state index in [1.54, 1.807) is 35.2 Å². The van der Waals surface area contributed by atoms with Crippen LogP contribution in [-0.4, -0.2) is 69.6 Å². The number of carboxylic acid groups (broad SMARTS) is 1. The predicted molar refractivity (Wildman–Crippen MR) is 151 cm³/mol. The minimum absolute atomic E-state index is 0.0534. The molecular weight excluding hydrogens is 518 g/mol. The third-order valence-electron chi connectivity index (χ3n) is 6.81. The topological polar surface area (TPSA) is 116 Å². The first-order chi connectivity index (χ1) is 18.5. The summed E-state index contributed by atoms with van der Waals surface area (Å²) < 4.78 is 35.9. The van der Waals surface area contributed by atoms with E-state index in [4.69, 9.17) is 9.84 Å². The van der Waals surface area contributed by atoms with E-state index in [-0.39, 0.29) is 41.5 Å².